The summed E-state index contributed by atoms with van der Waals surface area (Å²) < 4.78 is 28.7. The van der Waals surface area contributed by atoms with Gasteiger partial charge in [-0.05, 0) is 42.8 Å². The molecule has 0 fully saturated rings. The Morgan fingerprint density at radius 2 is 1.64 bits per heavy atom. The van der Waals surface area contributed by atoms with E-state index >= 15 is 0 Å². The van der Waals surface area contributed by atoms with Crippen LogP contribution in [0.1, 0.15) is 18.7 Å². The second-order valence-electron chi connectivity index (χ2n) is 7.07. The van der Waals surface area contributed by atoms with Gasteiger partial charge in [0.2, 0.25) is 13.6 Å². The van der Waals surface area contributed by atoms with Crippen molar-refractivity contribution in [1.82, 2.24) is 0 Å². The van der Waals surface area contributed by atoms with Crippen molar-refractivity contribution in [2.75, 3.05) is 32.1 Å². The van der Waals surface area contributed by atoms with E-state index in [4.69, 9.17) is 23.7 Å². The molecule has 1 unspecified atom stereocenters. The zero-order valence-corrected chi connectivity index (χ0v) is 15.7. The lowest BCUT2D eigenvalue weighted by molar-refractivity contribution is 0.0628. The largest absolute Gasteiger partial charge is 0.454 e. The van der Waals surface area contributed by atoms with Crippen molar-refractivity contribution in [3.05, 3.63) is 42.0 Å². The monoisotopic (exact) mass is 377 g/mol. The summed E-state index contributed by atoms with van der Waals surface area (Å²) in [5, 5.41) is 2.15. The van der Waals surface area contributed by atoms with Crippen molar-refractivity contribution in [2.24, 2.45) is 0 Å². The van der Waals surface area contributed by atoms with Gasteiger partial charge in [-0.2, -0.15) is 0 Å². The molecule has 6 heteroatoms. The molecule has 6 nitrogen and oxygen atoms in total. The SMILES string of the molecule is CCOC1c2cc3c(cc2-c2ccc4c5c(ccc4c2N1C)OCO5)OCO3. The predicted molar refractivity (Wildman–Crippen MR) is 104 cm³/mol. The lowest BCUT2D eigenvalue weighted by Gasteiger charge is -2.38. The van der Waals surface area contributed by atoms with Crippen LogP contribution in [0.3, 0.4) is 0 Å². The Bertz CT molecular complexity index is 1130. The van der Waals surface area contributed by atoms with Crippen LogP contribution in [0.15, 0.2) is 36.4 Å². The van der Waals surface area contributed by atoms with Crippen LogP contribution >= 0.6 is 0 Å². The zero-order chi connectivity index (χ0) is 18.8. The first kappa shape index (κ1) is 15.9. The maximum absolute atomic E-state index is 6.15. The topological polar surface area (TPSA) is 49.4 Å². The smallest absolute Gasteiger partial charge is 0.231 e. The highest BCUT2D eigenvalue weighted by molar-refractivity contribution is 6.07. The Balaban J connectivity index is 1.66. The molecule has 0 N–H and O–H groups in total. The van der Waals surface area contributed by atoms with Crippen molar-refractivity contribution >= 4 is 16.5 Å². The van der Waals surface area contributed by atoms with Crippen LogP contribution in [-0.2, 0) is 4.74 Å². The molecule has 0 spiro atoms. The number of fused-ring (bicyclic) bond motifs is 8. The van der Waals surface area contributed by atoms with Crippen molar-refractivity contribution in [3.8, 4) is 34.1 Å². The molecular weight excluding hydrogens is 358 g/mol. The molecule has 0 aromatic heterocycles. The summed E-state index contributed by atoms with van der Waals surface area (Å²) >= 11 is 0. The van der Waals surface area contributed by atoms with E-state index in [0.29, 0.717) is 6.61 Å². The van der Waals surface area contributed by atoms with E-state index < -0.39 is 0 Å². The average molecular weight is 377 g/mol. The molecule has 28 heavy (non-hydrogen) atoms. The third-order valence-electron chi connectivity index (χ3n) is 5.63. The van der Waals surface area contributed by atoms with Crippen molar-refractivity contribution < 1.29 is 23.7 Å². The summed E-state index contributed by atoms with van der Waals surface area (Å²) in [6, 6.07) is 12.4. The molecule has 3 aliphatic heterocycles. The van der Waals surface area contributed by atoms with E-state index in [0.717, 1.165) is 56.1 Å². The molecule has 3 aromatic carbocycles. The number of nitrogens with zero attached hydrogens (tertiary/aromatic N) is 1. The molecule has 3 heterocycles. The highest BCUT2D eigenvalue weighted by Gasteiger charge is 2.34. The number of rotatable bonds is 2. The summed E-state index contributed by atoms with van der Waals surface area (Å²) in [5.41, 5.74) is 4.44. The predicted octanol–water partition coefficient (Wildman–Crippen LogP) is 4.45. The van der Waals surface area contributed by atoms with Gasteiger partial charge in [0, 0.05) is 35.6 Å². The van der Waals surface area contributed by atoms with E-state index in [-0.39, 0.29) is 19.8 Å². The molecule has 3 aromatic rings. The first-order chi connectivity index (χ1) is 13.8. The van der Waals surface area contributed by atoms with Gasteiger partial charge >= 0.3 is 0 Å². The molecule has 3 aliphatic rings. The van der Waals surface area contributed by atoms with E-state index in [1.807, 2.05) is 19.1 Å². The van der Waals surface area contributed by atoms with Gasteiger partial charge in [0.1, 0.15) is 0 Å². The molecular formula is C22H19NO5. The van der Waals surface area contributed by atoms with Crippen LogP contribution in [-0.4, -0.2) is 27.2 Å². The first-order valence-electron chi connectivity index (χ1n) is 9.40. The Labute approximate surface area is 162 Å². The molecule has 0 aliphatic carbocycles. The normalized spacial score (nSPS) is 18.4. The lowest BCUT2D eigenvalue weighted by atomic mass is 9.89. The van der Waals surface area contributed by atoms with Gasteiger partial charge in [-0.1, -0.05) is 6.07 Å². The van der Waals surface area contributed by atoms with E-state index in [2.05, 4.69) is 36.2 Å². The molecule has 0 saturated heterocycles. The molecule has 142 valence electrons. The third-order valence-corrected chi connectivity index (χ3v) is 5.63. The second-order valence-corrected chi connectivity index (χ2v) is 7.07. The van der Waals surface area contributed by atoms with Crippen molar-refractivity contribution in [3.63, 3.8) is 0 Å². The number of benzene rings is 3. The molecule has 1 atom stereocenters. The standard InChI is InChI=1S/C22H19NO5/c1-3-24-22-16-9-19-18(26-10-27-19)8-15(16)13-4-5-14-12(20(13)23(22)2)6-7-17-21(14)28-11-25-17/h4-9,22H,3,10-11H2,1-2H3. The highest BCUT2D eigenvalue weighted by Crippen LogP contribution is 2.53. The Morgan fingerprint density at radius 3 is 2.50 bits per heavy atom. The van der Waals surface area contributed by atoms with Gasteiger partial charge in [0.15, 0.2) is 29.2 Å². The summed E-state index contributed by atoms with van der Waals surface area (Å²) in [4.78, 5) is 2.19. The fourth-order valence-corrected chi connectivity index (χ4v) is 4.43. The summed E-state index contributed by atoms with van der Waals surface area (Å²) in [7, 11) is 2.07. The minimum atomic E-state index is -0.210. The minimum absolute atomic E-state index is 0.210. The van der Waals surface area contributed by atoms with Crippen LogP contribution in [0.25, 0.3) is 21.9 Å². The minimum Gasteiger partial charge on any atom is -0.454 e. The molecule has 0 bridgehead atoms. The van der Waals surface area contributed by atoms with Crippen LogP contribution in [0.4, 0.5) is 5.69 Å². The summed E-state index contributed by atoms with van der Waals surface area (Å²) in [5.74, 6) is 3.13. The zero-order valence-electron chi connectivity index (χ0n) is 15.7. The van der Waals surface area contributed by atoms with Gasteiger partial charge < -0.3 is 28.6 Å². The molecule has 6 rings (SSSR count). The second kappa shape index (κ2) is 5.69. The van der Waals surface area contributed by atoms with E-state index in [1.54, 1.807) is 0 Å². The summed E-state index contributed by atoms with van der Waals surface area (Å²) in [6.07, 6.45) is -0.210. The Hall–Kier alpha value is -3.12. The highest BCUT2D eigenvalue weighted by atomic mass is 16.7. The van der Waals surface area contributed by atoms with Crippen LogP contribution in [0.2, 0.25) is 0 Å². The average Bonchev–Trinajstić information content (AvgIpc) is 3.37. The first-order valence-corrected chi connectivity index (χ1v) is 9.40. The van der Waals surface area contributed by atoms with Gasteiger partial charge in [0.05, 0.1) is 5.69 Å². The van der Waals surface area contributed by atoms with Crippen molar-refractivity contribution in [1.29, 1.82) is 0 Å². The molecule has 0 amide bonds. The van der Waals surface area contributed by atoms with Crippen LogP contribution < -0.4 is 23.8 Å². The van der Waals surface area contributed by atoms with Gasteiger partial charge in [-0.15, -0.1) is 0 Å². The fraction of sp³-hybridized carbons (Fsp3) is 0.273. The number of hydrogen-bond donors (Lipinski definition) is 0. The molecule has 0 saturated carbocycles. The van der Waals surface area contributed by atoms with Crippen LogP contribution in [0.5, 0.6) is 23.0 Å². The maximum Gasteiger partial charge on any atom is 0.231 e. The van der Waals surface area contributed by atoms with Gasteiger partial charge in [-0.25, -0.2) is 0 Å². The van der Waals surface area contributed by atoms with E-state index in [9.17, 15) is 0 Å². The van der Waals surface area contributed by atoms with Crippen LogP contribution in [0, 0.1) is 0 Å². The van der Waals surface area contributed by atoms with Gasteiger partial charge in [-0.3, -0.25) is 0 Å². The molecule has 0 radical (unpaired) electrons. The van der Waals surface area contributed by atoms with Gasteiger partial charge in [0.25, 0.3) is 0 Å². The lowest BCUT2D eigenvalue weighted by Crippen LogP contribution is -2.30. The quantitative estimate of drug-likeness (QED) is 0.658. The Kier molecular flexibility index (Phi) is 3.23. The van der Waals surface area contributed by atoms with Crippen molar-refractivity contribution in [2.45, 2.75) is 13.2 Å². The number of hydrogen-bond acceptors (Lipinski definition) is 6. The van der Waals surface area contributed by atoms with E-state index in [1.165, 1.54) is 0 Å². The number of ether oxygens (including phenoxy) is 5. The Morgan fingerprint density at radius 1 is 0.893 bits per heavy atom. The summed E-state index contributed by atoms with van der Waals surface area (Å²) in [6.45, 7) is 3.13. The fourth-order valence-electron chi connectivity index (χ4n) is 4.43. The third kappa shape index (κ3) is 2.01. The number of anilines is 1. The maximum atomic E-state index is 6.15.